The fraction of sp³-hybridized carbons (Fsp3) is 0.481. The number of rotatable bonds is 14. The third-order valence-corrected chi connectivity index (χ3v) is 4.64. The summed E-state index contributed by atoms with van der Waals surface area (Å²) in [6.45, 7) is 10.5. The highest BCUT2D eigenvalue weighted by molar-refractivity contribution is 5.81. The van der Waals surface area contributed by atoms with Gasteiger partial charge in [-0.05, 0) is 46.7 Å². The topological polar surface area (TPSA) is 77.4 Å². The van der Waals surface area contributed by atoms with Crippen molar-refractivity contribution in [1.82, 2.24) is 0 Å². The molecule has 2 N–H and O–H groups in total. The van der Waals surface area contributed by atoms with Crippen molar-refractivity contribution in [2.75, 3.05) is 52.9 Å². The molecular weight excluding hydrogens is 420 g/mol. The van der Waals surface area contributed by atoms with Crippen LogP contribution in [0.25, 0.3) is 5.57 Å². The van der Waals surface area contributed by atoms with Gasteiger partial charge in [-0.25, -0.2) is 0 Å². The Morgan fingerprint density at radius 3 is 1.97 bits per heavy atom. The maximum Gasteiger partial charge on any atom is 0.164 e. The van der Waals surface area contributed by atoms with Crippen LogP contribution in [-0.4, -0.2) is 63.1 Å². The zero-order valence-electron chi connectivity index (χ0n) is 20.3. The first-order valence-electron chi connectivity index (χ1n) is 11.4. The van der Waals surface area contributed by atoms with E-state index in [1.807, 2.05) is 31.2 Å². The number of aliphatic hydroxyl groups excluding tert-OH is 2. The Hall–Kier alpha value is -2.38. The SMILES string of the molecule is Cc1cc(C(=CC(C)(C)C)c2ccccc2)cc(OCCOCCO)c1OCCOCCO. The molecule has 6 heteroatoms. The molecule has 0 atom stereocenters. The van der Waals surface area contributed by atoms with E-state index in [1.54, 1.807) is 0 Å². The molecule has 6 nitrogen and oxygen atoms in total. The van der Waals surface area contributed by atoms with Gasteiger partial charge in [0, 0.05) is 0 Å². The molecule has 2 aromatic rings. The zero-order chi connectivity index (χ0) is 24.1. The first-order valence-corrected chi connectivity index (χ1v) is 11.4. The normalized spacial score (nSPS) is 12.1. The summed E-state index contributed by atoms with van der Waals surface area (Å²) >= 11 is 0. The Balaban J connectivity index is 2.37. The van der Waals surface area contributed by atoms with E-state index in [0.29, 0.717) is 37.9 Å². The molecule has 0 spiro atoms. The average Bonchev–Trinajstić information content (AvgIpc) is 2.78. The van der Waals surface area contributed by atoms with Gasteiger partial charge >= 0.3 is 0 Å². The summed E-state index contributed by atoms with van der Waals surface area (Å²) in [6, 6.07) is 14.4. The van der Waals surface area contributed by atoms with Crippen molar-refractivity contribution in [3.63, 3.8) is 0 Å². The van der Waals surface area contributed by atoms with Crippen LogP contribution in [0.5, 0.6) is 11.5 Å². The van der Waals surface area contributed by atoms with Crippen LogP contribution in [0.15, 0.2) is 48.5 Å². The first-order chi connectivity index (χ1) is 15.9. The second-order valence-electron chi connectivity index (χ2n) is 8.78. The third kappa shape index (κ3) is 9.56. The van der Waals surface area contributed by atoms with Crippen LogP contribution in [0.2, 0.25) is 0 Å². The molecule has 0 radical (unpaired) electrons. The van der Waals surface area contributed by atoms with E-state index < -0.39 is 0 Å². The van der Waals surface area contributed by atoms with E-state index in [4.69, 9.17) is 29.2 Å². The van der Waals surface area contributed by atoms with Crippen LogP contribution in [0, 0.1) is 12.3 Å². The molecule has 0 saturated heterocycles. The maximum absolute atomic E-state index is 8.90. The lowest BCUT2D eigenvalue weighted by molar-refractivity contribution is 0.0643. The van der Waals surface area contributed by atoms with Gasteiger partial charge in [0.15, 0.2) is 11.5 Å². The fourth-order valence-electron chi connectivity index (χ4n) is 3.32. The van der Waals surface area contributed by atoms with Gasteiger partial charge in [-0.15, -0.1) is 0 Å². The quantitative estimate of drug-likeness (QED) is 0.412. The number of hydrogen-bond acceptors (Lipinski definition) is 6. The summed E-state index contributed by atoms with van der Waals surface area (Å²) in [5.74, 6) is 1.30. The fourth-order valence-corrected chi connectivity index (χ4v) is 3.32. The largest absolute Gasteiger partial charge is 0.487 e. The molecular formula is C27H38O6. The predicted octanol–water partition coefficient (Wildman–Crippen LogP) is 4.25. The van der Waals surface area contributed by atoms with Crippen LogP contribution in [0.3, 0.4) is 0 Å². The number of benzene rings is 2. The van der Waals surface area contributed by atoms with Gasteiger partial charge in [0.1, 0.15) is 13.2 Å². The molecule has 0 amide bonds. The summed E-state index contributed by atoms with van der Waals surface area (Å²) in [5, 5.41) is 17.8. The van der Waals surface area contributed by atoms with Gasteiger partial charge in [0.25, 0.3) is 0 Å². The van der Waals surface area contributed by atoms with Crippen LogP contribution in [0.1, 0.15) is 37.5 Å². The second-order valence-corrected chi connectivity index (χ2v) is 8.78. The molecule has 33 heavy (non-hydrogen) atoms. The van der Waals surface area contributed by atoms with Crippen molar-refractivity contribution in [2.45, 2.75) is 27.7 Å². The van der Waals surface area contributed by atoms with Crippen LogP contribution in [-0.2, 0) is 9.47 Å². The summed E-state index contributed by atoms with van der Waals surface area (Å²) in [6.07, 6.45) is 2.27. The van der Waals surface area contributed by atoms with Gasteiger partial charge in [-0.2, -0.15) is 0 Å². The molecule has 0 aromatic heterocycles. The summed E-state index contributed by atoms with van der Waals surface area (Å²) in [7, 11) is 0. The molecule has 2 rings (SSSR count). The van der Waals surface area contributed by atoms with E-state index in [-0.39, 0.29) is 31.8 Å². The molecule has 2 aromatic carbocycles. The molecule has 0 aliphatic rings. The standard InChI is InChI=1S/C27H38O6/c1-21-18-23(24(20-27(2,3)4)22-8-6-5-7-9-22)19-25(32-16-14-30-12-10-28)26(21)33-17-15-31-13-11-29/h5-9,18-20,28-29H,10-17H2,1-4H3. The van der Waals surface area contributed by atoms with Gasteiger partial charge in [0.05, 0.1) is 39.6 Å². The van der Waals surface area contributed by atoms with Crippen molar-refractivity contribution in [3.8, 4) is 11.5 Å². The van der Waals surface area contributed by atoms with Gasteiger partial charge < -0.3 is 29.2 Å². The number of ether oxygens (including phenoxy) is 4. The van der Waals surface area contributed by atoms with E-state index in [0.717, 1.165) is 22.3 Å². The second kappa shape index (κ2) is 14.0. The Bertz CT molecular complexity index is 855. The van der Waals surface area contributed by atoms with E-state index >= 15 is 0 Å². The van der Waals surface area contributed by atoms with Gasteiger partial charge in [-0.3, -0.25) is 0 Å². The van der Waals surface area contributed by atoms with Gasteiger partial charge in [-0.1, -0.05) is 57.2 Å². The van der Waals surface area contributed by atoms with Gasteiger partial charge in [0.2, 0.25) is 0 Å². The number of allylic oxidation sites excluding steroid dienone is 1. The highest BCUT2D eigenvalue weighted by atomic mass is 16.6. The van der Waals surface area contributed by atoms with Crippen molar-refractivity contribution < 1.29 is 29.2 Å². The summed E-state index contributed by atoms with van der Waals surface area (Å²) < 4.78 is 22.7. The number of hydrogen-bond donors (Lipinski definition) is 2. The monoisotopic (exact) mass is 458 g/mol. The molecule has 0 aliphatic heterocycles. The molecule has 0 aliphatic carbocycles. The lowest BCUT2D eigenvalue weighted by Gasteiger charge is -2.21. The Morgan fingerprint density at radius 1 is 0.788 bits per heavy atom. The highest BCUT2D eigenvalue weighted by Gasteiger charge is 2.17. The van der Waals surface area contributed by atoms with Crippen molar-refractivity contribution in [3.05, 3.63) is 65.2 Å². The lowest BCUT2D eigenvalue weighted by atomic mass is 9.87. The average molecular weight is 459 g/mol. The zero-order valence-corrected chi connectivity index (χ0v) is 20.3. The molecule has 0 unspecified atom stereocenters. The first kappa shape index (κ1) is 26.9. The van der Waals surface area contributed by atoms with Crippen LogP contribution >= 0.6 is 0 Å². The molecule has 0 saturated carbocycles. The van der Waals surface area contributed by atoms with Crippen molar-refractivity contribution >= 4 is 5.57 Å². The molecule has 182 valence electrons. The Morgan fingerprint density at radius 2 is 1.39 bits per heavy atom. The Kier molecular flexibility index (Phi) is 11.4. The van der Waals surface area contributed by atoms with Crippen LogP contribution < -0.4 is 9.47 Å². The minimum Gasteiger partial charge on any atom is -0.487 e. The van der Waals surface area contributed by atoms with E-state index in [9.17, 15) is 0 Å². The van der Waals surface area contributed by atoms with Crippen molar-refractivity contribution in [1.29, 1.82) is 0 Å². The molecule has 0 bridgehead atoms. The minimum absolute atomic E-state index is 0.0156. The minimum atomic E-state index is -0.0190. The smallest absolute Gasteiger partial charge is 0.164 e. The maximum atomic E-state index is 8.90. The van der Waals surface area contributed by atoms with Crippen molar-refractivity contribution in [2.24, 2.45) is 5.41 Å². The molecule has 0 heterocycles. The number of aliphatic hydroxyl groups is 2. The van der Waals surface area contributed by atoms with E-state index in [1.165, 1.54) is 0 Å². The van der Waals surface area contributed by atoms with E-state index in [2.05, 4.69) is 45.0 Å². The Labute approximate surface area is 197 Å². The number of aryl methyl sites for hydroxylation is 1. The lowest BCUT2D eigenvalue weighted by Crippen LogP contribution is -2.13. The van der Waals surface area contributed by atoms with Crippen LogP contribution in [0.4, 0.5) is 0 Å². The summed E-state index contributed by atoms with van der Waals surface area (Å²) in [4.78, 5) is 0. The highest BCUT2D eigenvalue weighted by Crippen LogP contribution is 2.38. The predicted molar refractivity (Wildman–Crippen MR) is 131 cm³/mol. The summed E-state index contributed by atoms with van der Waals surface area (Å²) in [5.41, 5.74) is 4.25. The molecule has 0 fully saturated rings. The third-order valence-electron chi connectivity index (χ3n) is 4.64.